The number of nitrogens with one attached hydrogen (secondary N) is 1. The van der Waals surface area contributed by atoms with Gasteiger partial charge in [-0.3, -0.25) is 14.5 Å². The summed E-state index contributed by atoms with van der Waals surface area (Å²) >= 11 is 7.20. The van der Waals surface area contributed by atoms with E-state index in [0.29, 0.717) is 9.21 Å². The van der Waals surface area contributed by atoms with Crippen LogP contribution in [0.15, 0.2) is 12.1 Å². The van der Waals surface area contributed by atoms with Gasteiger partial charge in [0.15, 0.2) is 5.78 Å². The van der Waals surface area contributed by atoms with E-state index in [1.807, 2.05) is 6.92 Å². The molecule has 0 spiro atoms. The van der Waals surface area contributed by atoms with Crippen LogP contribution in [0.5, 0.6) is 0 Å². The molecule has 1 aromatic heterocycles. The van der Waals surface area contributed by atoms with Gasteiger partial charge in [-0.25, -0.2) is 0 Å². The Labute approximate surface area is 128 Å². The van der Waals surface area contributed by atoms with Gasteiger partial charge in [0.2, 0.25) is 5.91 Å². The summed E-state index contributed by atoms with van der Waals surface area (Å²) in [5, 5.41) is 2.69. The number of hydrogen-bond acceptors (Lipinski definition) is 4. The van der Waals surface area contributed by atoms with E-state index >= 15 is 0 Å². The number of carbonyl (C=O) groups is 2. The van der Waals surface area contributed by atoms with Crippen molar-refractivity contribution < 1.29 is 9.59 Å². The number of hydrogen-bond donors (Lipinski definition) is 1. The highest BCUT2D eigenvalue weighted by Crippen LogP contribution is 2.25. The molecule has 6 heteroatoms. The molecule has 1 aliphatic rings. The molecular formula is C14H19ClN2O2S. The third-order valence-corrected chi connectivity index (χ3v) is 5.14. The summed E-state index contributed by atoms with van der Waals surface area (Å²) in [5.41, 5.74) is 0. The van der Waals surface area contributed by atoms with Crippen LogP contribution in [-0.2, 0) is 4.79 Å². The fourth-order valence-corrected chi connectivity index (χ4v) is 3.64. The molecule has 1 aliphatic heterocycles. The van der Waals surface area contributed by atoms with Crippen LogP contribution in [0.2, 0.25) is 4.34 Å². The van der Waals surface area contributed by atoms with Gasteiger partial charge in [0.1, 0.15) is 0 Å². The number of halogens is 1. The van der Waals surface area contributed by atoms with Crippen LogP contribution < -0.4 is 5.32 Å². The van der Waals surface area contributed by atoms with E-state index in [-0.39, 0.29) is 23.7 Å². The molecule has 4 nitrogen and oxygen atoms in total. The Hall–Kier alpha value is -0.910. The molecule has 1 atom stereocenters. The number of likely N-dealkylation sites (tertiary alicyclic amines) is 1. The zero-order valence-corrected chi connectivity index (χ0v) is 13.3. The molecule has 1 saturated heterocycles. The minimum absolute atomic E-state index is 0.0785. The first kappa shape index (κ1) is 15.5. The van der Waals surface area contributed by atoms with Gasteiger partial charge in [0.25, 0.3) is 0 Å². The van der Waals surface area contributed by atoms with E-state index in [1.165, 1.54) is 11.3 Å². The van der Waals surface area contributed by atoms with Gasteiger partial charge in [0.05, 0.1) is 15.3 Å². The topological polar surface area (TPSA) is 49.4 Å². The minimum atomic E-state index is -0.157. The number of nitrogens with zero attached hydrogens (tertiary/aromatic N) is 1. The van der Waals surface area contributed by atoms with Crippen molar-refractivity contribution in [3.05, 3.63) is 21.3 Å². The van der Waals surface area contributed by atoms with Gasteiger partial charge in [0, 0.05) is 13.0 Å². The SMILES string of the molecule is CNC(=O)C1CCN(C(C)C(=O)c2ccc(Cl)s2)CC1. The van der Waals surface area contributed by atoms with E-state index in [2.05, 4.69) is 10.2 Å². The lowest BCUT2D eigenvalue weighted by Gasteiger charge is -2.34. The molecule has 0 aromatic carbocycles. The predicted octanol–water partition coefficient (Wildman–Crippen LogP) is 2.43. The molecular weight excluding hydrogens is 296 g/mol. The number of amides is 1. The molecule has 110 valence electrons. The Morgan fingerprint density at radius 3 is 2.55 bits per heavy atom. The normalized spacial score (nSPS) is 18.8. The summed E-state index contributed by atoms with van der Waals surface area (Å²) in [6, 6.07) is 3.38. The summed E-state index contributed by atoms with van der Waals surface area (Å²) in [7, 11) is 1.67. The summed E-state index contributed by atoms with van der Waals surface area (Å²) in [6.45, 7) is 3.49. The highest BCUT2D eigenvalue weighted by Gasteiger charge is 2.30. The third kappa shape index (κ3) is 3.40. The van der Waals surface area contributed by atoms with E-state index < -0.39 is 0 Å². The fourth-order valence-electron chi connectivity index (χ4n) is 2.57. The van der Waals surface area contributed by atoms with Crippen molar-refractivity contribution in [2.75, 3.05) is 20.1 Å². The van der Waals surface area contributed by atoms with Crippen LogP contribution in [0, 0.1) is 5.92 Å². The number of Topliss-reactive ketones (excluding diaryl/α,β-unsaturated/α-hetero) is 1. The number of carbonyl (C=O) groups excluding carboxylic acids is 2. The van der Waals surface area contributed by atoms with Crippen LogP contribution in [0.25, 0.3) is 0 Å². The van der Waals surface area contributed by atoms with Crippen molar-refractivity contribution in [2.45, 2.75) is 25.8 Å². The van der Waals surface area contributed by atoms with E-state index in [4.69, 9.17) is 11.6 Å². The molecule has 0 radical (unpaired) electrons. The minimum Gasteiger partial charge on any atom is -0.359 e. The molecule has 1 aromatic rings. The lowest BCUT2D eigenvalue weighted by Crippen LogP contribution is -2.46. The van der Waals surface area contributed by atoms with Crippen molar-refractivity contribution in [1.82, 2.24) is 10.2 Å². The van der Waals surface area contributed by atoms with Crippen LogP contribution in [0.1, 0.15) is 29.4 Å². The van der Waals surface area contributed by atoms with Crippen molar-refractivity contribution >= 4 is 34.6 Å². The Balaban J connectivity index is 1.93. The van der Waals surface area contributed by atoms with Gasteiger partial charge < -0.3 is 5.32 Å². The Morgan fingerprint density at radius 2 is 2.05 bits per heavy atom. The Kier molecular flexibility index (Phi) is 5.18. The van der Waals surface area contributed by atoms with Gasteiger partial charge >= 0.3 is 0 Å². The second-order valence-electron chi connectivity index (χ2n) is 5.07. The van der Waals surface area contributed by atoms with Crippen molar-refractivity contribution in [3.8, 4) is 0 Å². The lowest BCUT2D eigenvalue weighted by molar-refractivity contribution is -0.126. The smallest absolute Gasteiger partial charge is 0.222 e. The predicted molar refractivity (Wildman–Crippen MR) is 81.5 cm³/mol. The van der Waals surface area contributed by atoms with Gasteiger partial charge in [-0.1, -0.05) is 11.6 Å². The van der Waals surface area contributed by atoms with Crippen molar-refractivity contribution in [3.63, 3.8) is 0 Å². The summed E-state index contributed by atoms with van der Waals surface area (Å²) in [6.07, 6.45) is 1.62. The molecule has 20 heavy (non-hydrogen) atoms. The number of rotatable bonds is 4. The van der Waals surface area contributed by atoms with Gasteiger partial charge in [-0.05, 0) is 45.0 Å². The lowest BCUT2D eigenvalue weighted by atomic mass is 9.94. The largest absolute Gasteiger partial charge is 0.359 e. The highest BCUT2D eigenvalue weighted by atomic mass is 35.5. The average molecular weight is 315 g/mol. The number of thiophene rings is 1. The van der Waals surface area contributed by atoms with Crippen LogP contribution in [0.4, 0.5) is 0 Å². The summed E-state index contributed by atoms with van der Waals surface area (Å²) < 4.78 is 0.638. The number of piperidine rings is 1. The average Bonchev–Trinajstić information content (AvgIpc) is 2.91. The van der Waals surface area contributed by atoms with Crippen molar-refractivity contribution in [1.29, 1.82) is 0 Å². The number of ketones is 1. The molecule has 1 fully saturated rings. The Bertz CT molecular complexity index is 495. The molecule has 0 aliphatic carbocycles. The van der Waals surface area contributed by atoms with Crippen molar-refractivity contribution in [2.24, 2.45) is 5.92 Å². The summed E-state index contributed by atoms with van der Waals surface area (Å²) in [5.74, 6) is 0.295. The highest BCUT2D eigenvalue weighted by molar-refractivity contribution is 7.18. The van der Waals surface area contributed by atoms with Gasteiger partial charge in [-0.15, -0.1) is 11.3 Å². The van der Waals surface area contributed by atoms with E-state index in [9.17, 15) is 9.59 Å². The fraction of sp³-hybridized carbons (Fsp3) is 0.571. The Morgan fingerprint density at radius 1 is 1.40 bits per heavy atom. The quantitative estimate of drug-likeness (QED) is 0.868. The molecule has 1 N–H and O–H groups in total. The van der Waals surface area contributed by atoms with Crippen LogP contribution >= 0.6 is 22.9 Å². The summed E-state index contributed by atoms with van der Waals surface area (Å²) in [4.78, 5) is 26.8. The zero-order chi connectivity index (χ0) is 14.7. The maximum absolute atomic E-state index is 12.4. The molecule has 1 amide bonds. The monoisotopic (exact) mass is 314 g/mol. The van der Waals surface area contributed by atoms with E-state index in [1.54, 1.807) is 19.2 Å². The maximum Gasteiger partial charge on any atom is 0.222 e. The third-order valence-electron chi connectivity index (χ3n) is 3.89. The second-order valence-corrected chi connectivity index (χ2v) is 6.78. The zero-order valence-electron chi connectivity index (χ0n) is 11.7. The van der Waals surface area contributed by atoms with E-state index in [0.717, 1.165) is 25.9 Å². The molecule has 0 bridgehead atoms. The first-order chi connectivity index (χ1) is 9.52. The second kappa shape index (κ2) is 6.70. The van der Waals surface area contributed by atoms with Crippen LogP contribution in [0.3, 0.4) is 0 Å². The molecule has 2 heterocycles. The molecule has 2 rings (SSSR count). The first-order valence-corrected chi connectivity index (χ1v) is 7.97. The molecule has 0 saturated carbocycles. The standard InChI is InChI=1S/C14H19ClN2O2S/c1-9(13(18)11-3-4-12(15)20-11)17-7-5-10(6-8-17)14(19)16-2/h3-4,9-10H,5-8H2,1-2H3,(H,16,19). The van der Waals surface area contributed by atoms with Crippen LogP contribution in [-0.4, -0.2) is 42.8 Å². The van der Waals surface area contributed by atoms with Gasteiger partial charge in [-0.2, -0.15) is 0 Å². The maximum atomic E-state index is 12.4. The first-order valence-electron chi connectivity index (χ1n) is 6.78. The molecule has 1 unspecified atom stereocenters.